The number of nitrogens with one attached hydrogen (secondary N) is 1. The highest BCUT2D eigenvalue weighted by Crippen LogP contribution is 2.05. The molecule has 2 heteroatoms. The van der Waals surface area contributed by atoms with Crippen LogP contribution in [0.15, 0.2) is 24.9 Å². The van der Waals surface area contributed by atoms with E-state index in [-0.39, 0.29) is 11.8 Å². The minimum absolute atomic E-state index is 0.148. The number of rotatable bonds is 3. The van der Waals surface area contributed by atoms with Gasteiger partial charge < -0.3 is 5.32 Å². The van der Waals surface area contributed by atoms with Crippen molar-refractivity contribution >= 4 is 5.91 Å². The Hall–Kier alpha value is -1.05. The predicted molar refractivity (Wildman–Crippen MR) is 42.3 cm³/mol. The highest BCUT2D eigenvalue weighted by atomic mass is 16.1. The molecule has 0 unspecified atom stereocenters. The van der Waals surface area contributed by atoms with Crippen molar-refractivity contribution in [3.05, 3.63) is 24.9 Å². The highest BCUT2D eigenvalue weighted by molar-refractivity contribution is 5.93. The van der Waals surface area contributed by atoms with Crippen molar-refractivity contribution in [1.29, 1.82) is 0 Å². The lowest BCUT2D eigenvalue weighted by Crippen LogP contribution is -2.20. The fourth-order valence-corrected chi connectivity index (χ4v) is 0.448. The maximum atomic E-state index is 10.9. The Balaban J connectivity index is 3.95. The van der Waals surface area contributed by atoms with Gasteiger partial charge in [0.15, 0.2) is 0 Å². The molecule has 0 atom stereocenters. The summed E-state index contributed by atoms with van der Waals surface area (Å²) < 4.78 is 0. The van der Waals surface area contributed by atoms with Crippen LogP contribution in [0.4, 0.5) is 0 Å². The third-order valence-corrected chi connectivity index (χ3v) is 1.22. The van der Waals surface area contributed by atoms with Crippen LogP contribution in [-0.2, 0) is 4.79 Å². The molecule has 0 aliphatic carbocycles. The quantitative estimate of drug-likeness (QED) is 0.589. The molecule has 0 aromatic heterocycles. The van der Waals surface area contributed by atoms with Gasteiger partial charge >= 0.3 is 0 Å². The van der Waals surface area contributed by atoms with Crippen LogP contribution in [0.5, 0.6) is 0 Å². The number of hydrogen-bond donors (Lipinski definition) is 1. The van der Waals surface area contributed by atoms with E-state index < -0.39 is 0 Å². The molecule has 0 fully saturated rings. The van der Waals surface area contributed by atoms with Crippen molar-refractivity contribution in [3.63, 3.8) is 0 Å². The van der Waals surface area contributed by atoms with Crippen LogP contribution in [0, 0.1) is 5.92 Å². The number of carbonyl (C=O) groups is 1. The van der Waals surface area contributed by atoms with Crippen LogP contribution >= 0.6 is 0 Å². The van der Waals surface area contributed by atoms with Gasteiger partial charge in [0.25, 0.3) is 5.91 Å². The molecule has 0 heterocycles. The van der Waals surface area contributed by atoms with Gasteiger partial charge in [-0.3, -0.25) is 4.79 Å². The average Bonchev–Trinajstić information content (AvgIpc) is 1.87. The molecule has 56 valence electrons. The topological polar surface area (TPSA) is 29.1 Å². The van der Waals surface area contributed by atoms with Crippen LogP contribution in [-0.4, -0.2) is 5.91 Å². The molecule has 0 saturated heterocycles. The second kappa shape index (κ2) is 3.88. The van der Waals surface area contributed by atoms with Crippen molar-refractivity contribution < 1.29 is 4.79 Å². The summed E-state index contributed by atoms with van der Waals surface area (Å²) in [5, 5.41) is 2.45. The molecular formula is C8H13NO. The molecule has 0 radical (unpaired) electrons. The van der Waals surface area contributed by atoms with Crippen LogP contribution in [0.2, 0.25) is 0 Å². The Bertz CT molecular complexity index is 159. The highest BCUT2D eigenvalue weighted by Gasteiger charge is 2.07. The van der Waals surface area contributed by atoms with Gasteiger partial charge in [-0.2, -0.15) is 0 Å². The van der Waals surface area contributed by atoms with E-state index in [1.807, 2.05) is 13.8 Å². The molecule has 1 N–H and O–H groups in total. The van der Waals surface area contributed by atoms with E-state index in [9.17, 15) is 4.79 Å². The standard InChI is InChI=1S/C8H13NO/c1-5-9-8(10)7(4)6(2)3/h5-6H,1,4H2,2-3H3,(H,9,10). The van der Waals surface area contributed by atoms with Crippen molar-refractivity contribution in [1.82, 2.24) is 5.32 Å². The Morgan fingerprint density at radius 2 is 2.10 bits per heavy atom. The first-order valence-electron chi connectivity index (χ1n) is 3.20. The molecule has 0 bridgehead atoms. The Morgan fingerprint density at radius 3 is 2.40 bits per heavy atom. The van der Waals surface area contributed by atoms with Crippen molar-refractivity contribution in [2.45, 2.75) is 13.8 Å². The van der Waals surface area contributed by atoms with E-state index in [2.05, 4.69) is 18.5 Å². The first-order chi connectivity index (χ1) is 4.59. The van der Waals surface area contributed by atoms with E-state index in [1.165, 1.54) is 6.20 Å². The molecule has 2 nitrogen and oxygen atoms in total. The molecule has 0 aliphatic rings. The summed E-state index contributed by atoms with van der Waals surface area (Å²) >= 11 is 0. The van der Waals surface area contributed by atoms with Crippen molar-refractivity contribution in [3.8, 4) is 0 Å². The predicted octanol–water partition coefficient (Wildman–Crippen LogP) is 1.46. The molecule has 0 rings (SSSR count). The zero-order chi connectivity index (χ0) is 8.15. The zero-order valence-electron chi connectivity index (χ0n) is 6.48. The lowest BCUT2D eigenvalue weighted by atomic mass is 10.1. The SMILES string of the molecule is C=CNC(=O)C(=C)C(C)C. The van der Waals surface area contributed by atoms with Crippen LogP contribution < -0.4 is 5.32 Å². The fourth-order valence-electron chi connectivity index (χ4n) is 0.448. The Labute approximate surface area is 61.6 Å². The summed E-state index contributed by atoms with van der Waals surface area (Å²) in [7, 11) is 0. The summed E-state index contributed by atoms with van der Waals surface area (Å²) in [6.07, 6.45) is 1.36. The van der Waals surface area contributed by atoms with Gasteiger partial charge in [-0.05, 0) is 12.1 Å². The molecule has 0 spiro atoms. The van der Waals surface area contributed by atoms with Crippen molar-refractivity contribution in [2.24, 2.45) is 5.92 Å². The monoisotopic (exact) mass is 139 g/mol. The second-order valence-corrected chi connectivity index (χ2v) is 2.36. The van der Waals surface area contributed by atoms with Gasteiger partial charge in [-0.1, -0.05) is 27.0 Å². The lowest BCUT2D eigenvalue weighted by Gasteiger charge is -2.06. The summed E-state index contributed by atoms with van der Waals surface area (Å²) in [6.45, 7) is 10.8. The molecule has 0 aromatic rings. The van der Waals surface area contributed by atoms with Crippen LogP contribution in [0.3, 0.4) is 0 Å². The van der Waals surface area contributed by atoms with Crippen LogP contribution in [0.1, 0.15) is 13.8 Å². The summed E-state index contributed by atoms with van der Waals surface area (Å²) in [5.41, 5.74) is 0.583. The smallest absolute Gasteiger partial charge is 0.250 e. The minimum Gasteiger partial charge on any atom is -0.329 e. The molecule has 0 saturated carbocycles. The largest absolute Gasteiger partial charge is 0.329 e. The normalized spacial score (nSPS) is 9.10. The molecular weight excluding hydrogens is 126 g/mol. The van der Waals surface area contributed by atoms with E-state index >= 15 is 0 Å². The number of hydrogen-bond acceptors (Lipinski definition) is 1. The molecule has 0 aliphatic heterocycles. The van der Waals surface area contributed by atoms with E-state index in [1.54, 1.807) is 0 Å². The first kappa shape index (κ1) is 8.95. The lowest BCUT2D eigenvalue weighted by molar-refractivity contribution is -0.117. The van der Waals surface area contributed by atoms with E-state index in [4.69, 9.17) is 0 Å². The fraction of sp³-hybridized carbons (Fsp3) is 0.375. The molecule has 1 amide bonds. The maximum Gasteiger partial charge on any atom is 0.250 e. The van der Waals surface area contributed by atoms with Crippen LogP contribution in [0.25, 0.3) is 0 Å². The Kier molecular flexibility index (Phi) is 3.47. The van der Waals surface area contributed by atoms with Gasteiger partial charge in [-0.25, -0.2) is 0 Å². The minimum atomic E-state index is -0.148. The summed E-state index contributed by atoms with van der Waals surface area (Å²) in [4.78, 5) is 10.9. The van der Waals surface area contributed by atoms with Gasteiger partial charge in [0.1, 0.15) is 0 Å². The average molecular weight is 139 g/mol. The van der Waals surface area contributed by atoms with E-state index in [0.29, 0.717) is 5.57 Å². The van der Waals surface area contributed by atoms with Gasteiger partial charge in [-0.15, -0.1) is 0 Å². The van der Waals surface area contributed by atoms with Gasteiger partial charge in [0.2, 0.25) is 0 Å². The number of amides is 1. The summed E-state index contributed by atoms with van der Waals surface area (Å²) in [5.74, 6) is 0.0462. The first-order valence-corrected chi connectivity index (χ1v) is 3.20. The maximum absolute atomic E-state index is 10.9. The second-order valence-electron chi connectivity index (χ2n) is 2.36. The third-order valence-electron chi connectivity index (χ3n) is 1.22. The third kappa shape index (κ3) is 2.49. The van der Waals surface area contributed by atoms with Crippen molar-refractivity contribution in [2.75, 3.05) is 0 Å². The van der Waals surface area contributed by atoms with E-state index in [0.717, 1.165) is 0 Å². The Morgan fingerprint density at radius 1 is 1.60 bits per heavy atom. The summed E-state index contributed by atoms with van der Waals surface area (Å²) in [6, 6.07) is 0. The molecule has 10 heavy (non-hydrogen) atoms. The van der Waals surface area contributed by atoms with Gasteiger partial charge in [0, 0.05) is 5.57 Å². The van der Waals surface area contributed by atoms with Gasteiger partial charge in [0.05, 0.1) is 0 Å². The molecule has 0 aromatic carbocycles. The number of carbonyl (C=O) groups excluding carboxylic acids is 1. The zero-order valence-corrected chi connectivity index (χ0v) is 6.48.